The van der Waals surface area contributed by atoms with Crippen molar-refractivity contribution < 1.29 is 17.6 Å². The summed E-state index contributed by atoms with van der Waals surface area (Å²) in [5.74, 6) is -0.809. The van der Waals surface area contributed by atoms with Crippen molar-refractivity contribution in [2.24, 2.45) is 0 Å². The van der Waals surface area contributed by atoms with Crippen molar-refractivity contribution in [1.82, 2.24) is 10.2 Å². The van der Waals surface area contributed by atoms with Gasteiger partial charge in [0.25, 0.3) is 0 Å². The molecule has 0 radical (unpaired) electrons. The Morgan fingerprint density at radius 2 is 1.87 bits per heavy atom. The zero-order valence-electron chi connectivity index (χ0n) is 12.2. The Balaban J connectivity index is 2.00. The number of hydrogen-bond donors (Lipinski definition) is 1. The highest BCUT2D eigenvalue weighted by Gasteiger charge is 2.33. The maximum Gasteiger partial charge on any atom is 0.416 e. The fraction of sp³-hybridized carbons (Fsp3) is 0.375. The lowest BCUT2D eigenvalue weighted by Crippen LogP contribution is -2.45. The maximum absolute atomic E-state index is 14.4. The third kappa shape index (κ3) is 3.57. The topological polar surface area (TPSA) is 15.3 Å². The normalized spacial score (nSPS) is 18.1. The molecule has 23 heavy (non-hydrogen) atoms. The zero-order chi connectivity index (χ0) is 16.4. The molecule has 2 nitrogen and oxygen atoms in total. The number of halogens is 4. The number of nitrogens with one attached hydrogen (secondary N) is 1. The van der Waals surface area contributed by atoms with Crippen LogP contribution >= 0.6 is 11.3 Å². The summed E-state index contributed by atoms with van der Waals surface area (Å²) in [5, 5.41) is 5.12. The van der Waals surface area contributed by atoms with E-state index in [4.69, 9.17) is 0 Å². The number of benzene rings is 1. The average Bonchev–Trinajstić information content (AvgIpc) is 3.03. The van der Waals surface area contributed by atoms with E-state index >= 15 is 0 Å². The first kappa shape index (κ1) is 16.4. The molecule has 0 spiro atoms. The van der Waals surface area contributed by atoms with Crippen LogP contribution in [-0.2, 0) is 6.18 Å². The lowest BCUT2D eigenvalue weighted by atomic mass is 10.00. The molecule has 1 aliphatic rings. The molecule has 2 aromatic rings. The molecule has 1 fully saturated rings. The van der Waals surface area contributed by atoms with Gasteiger partial charge in [-0.3, -0.25) is 4.90 Å². The molecule has 2 heterocycles. The number of hydrogen-bond acceptors (Lipinski definition) is 3. The minimum Gasteiger partial charge on any atom is -0.314 e. The van der Waals surface area contributed by atoms with Crippen LogP contribution in [0.15, 0.2) is 35.7 Å². The van der Waals surface area contributed by atoms with E-state index < -0.39 is 17.6 Å². The molecule has 1 aliphatic heterocycles. The number of piperazine rings is 1. The first-order chi connectivity index (χ1) is 11.0. The van der Waals surface area contributed by atoms with E-state index in [1.807, 2.05) is 17.5 Å². The van der Waals surface area contributed by atoms with Crippen LogP contribution in [0.5, 0.6) is 0 Å². The van der Waals surface area contributed by atoms with Gasteiger partial charge in [0.15, 0.2) is 0 Å². The summed E-state index contributed by atoms with van der Waals surface area (Å²) in [7, 11) is 0. The summed E-state index contributed by atoms with van der Waals surface area (Å²) >= 11 is 1.49. The Morgan fingerprint density at radius 1 is 1.13 bits per heavy atom. The Bertz CT molecular complexity index is 649. The lowest BCUT2D eigenvalue weighted by molar-refractivity contribution is -0.137. The van der Waals surface area contributed by atoms with Crippen molar-refractivity contribution in [3.05, 3.63) is 57.5 Å². The smallest absolute Gasteiger partial charge is 0.314 e. The summed E-state index contributed by atoms with van der Waals surface area (Å²) < 4.78 is 52.7. The van der Waals surface area contributed by atoms with E-state index in [2.05, 4.69) is 10.2 Å². The van der Waals surface area contributed by atoms with Crippen LogP contribution in [0.25, 0.3) is 0 Å². The van der Waals surface area contributed by atoms with Crippen molar-refractivity contribution in [3.8, 4) is 0 Å². The summed E-state index contributed by atoms with van der Waals surface area (Å²) in [6.07, 6.45) is -4.53. The summed E-state index contributed by atoms with van der Waals surface area (Å²) in [4.78, 5) is 3.04. The summed E-state index contributed by atoms with van der Waals surface area (Å²) in [6.45, 7) is 3.01. The summed E-state index contributed by atoms with van der Waals surface area (Å²) in [5.41, 5.74) is -0.661. The second-order valence-electron chi connectivity index (χ2n) is 5.44. The molecule has 1 N–H and O–H groups in total. The molecule has 3 rings (SSSR count). The standard InChI is InChI=1S/C16H16F4N2S/c17-13-10-11(16(18,19)20)3-4-12(13)15(14-2-1-9-23-14)22-7-5-21-6-8-22/h1-4,9-10,15,21H,5-8H2/t15-/m0/s1. The zero-order valence-corrected chi connectivity index (χ0v) is 13.1. The predicted molar refractivity (Wildman–Crippen MR) is 82.0 cm³/mol. The van der Waals surface area contributed by atoms with Crippen LogP contribution in [0.3, 0.4) is 0 Å². The van der Waals surface area contributed by atoms with Crippen LogP contribution in [-0.4, -0.2) is 31.1 Å². The summed E-state index contributed by atoms with van der Waals surface area (Å²) in [6, 6.07) is 6.25. The molecule has 0 bridgehead atoms. The van der Waals surface area contributed by atoms with Gasteiger partial charge in [0.05, 0.1) is 11.6 Å². The monoisotopic (exact) mass is 344 g/mol. The van der Waals surface area contributed by atoms with Gasteiger partial charge in [-0.2, -0.15) is 13.2 Å². The largest absolute Gasteiger partial charge is 0.416 e. The van der Waals surface area contributed by atoms with Crippen molar-refractivity contribution in [3.63, 3.8) is 0 Å². The quantitative estimate of drug-likeness (QED) is 0.850. The van der Waals surface area contributed by atoms with Gasteiger partial charge in [0.2, 0.25) is 0 Å². The molecule has 7 heteroatoms. The van der Waals surface area contributed by atoms with Crippen LogP contribution in [0.1, 0.15) is 22.0 Å². The molecular formula is C16H16F4N2S. The van der Waals surface area contributed by atoms with E-state index in [0.717, 1.165) is 37.1 Å². The van der Waals surface area contributed by atoms with Crippen molar-refractivity contribution >= 4 is 11.3 Å². The van der Waals surface area contributed by atoms with Gasteiger partial charge in [-0.25, -0.2) is 4.39 Å². The van der Waals surface area contributed by atoms with Gasteiger partial charge in [-0.1, -0.05) is 12.1 Å². The minimum atomic E-state index is -4.53. The van der Waals surface area contributed by atoms with Crippen LogP contribution in [0.4, 0.5) is 17.6 Å². The average molecular weight is 344 g/mol. The molecule has 1 aromatic heterocycles. The van der Waals surface area contributed by atoms with E-state index in [9.17, 15) is 17.6 Å². The van der Waals surface area contributed by atoms with Gasteiger partial charge in [0, 0.05) is 36.6 Å². The van der Waals surface area contributed by atoms with Crippen LogP contribution in [0, 0.1) is 5.82 Å². The second-order valence-corrected chi connectivity index (χ2v) is 6.42. The third-order valence-corrected chi connectivity index (χ3v) is 4.88. The van der Waals surface area contributed by atoms with Gasteiger partial charge < -0.3 is 5.32 Å². The van der Waals surface area contributed by atoms with Crippen molar-refractivity contribution in [1.29, 1.82) is 0 Å². The van der Waals surface area contributed by atoms with Crippen molar-refractivity contribution in [2.45, 2.75) is 12.2 Å². The highest BCUT2D eigenvalue weighted by Crippen LogP contribution is 2.36. The Labute approximate surface area is 135 Å². The Morgan fingerprint density at radius 3 is 2.43 bits per heavy atom. The van der Waals surface area contributed by atoms with Crippen LogP contribution < -0.4 is 5.32 Å². The highest BCUT2D eigenvalue weighted by molar-refractivity contribution is 7.10. The van der Waals surface area contributed by atoms with E-state index in [0.29, 0.717) is 11.6 Å². The molecular weight excluding hydrogens is 328 g/mol. The highest BCUT2D eigenvalue weighted by atomic mass is 32.1. The molecule has 0 unspecified atom stereocenters. The van der Waals surface area contributed by atoms with Gasteiger partial charge in [-0.15, -0.1) is 11.3 Å². The molecule has 0 saturated carbocycles. The molecule has 124 valence electrons. The minimum absolute atomic E-state index is 0.294. The van der Waals surface area contributed by atoms with Gasteiger partial charge >= 0.3 is 6.18 Å². The molecule has 1 atom stereocenters. The first-order valence-electron chi connectivity index (χ1n) is 7.31. The number of rotatable bonds is 3. The maximum atomic E-state index is 14.4. The fourth-order valence-electron chi connectivity index (χ4n) is 2.84. The Hall–Kier alpha value is -1.44. The number of thiophene rings is 1. The first-order valence-corrected chi connectivity index (χ1v) is 8.19. The van der Waals surface area contributed by atoms with E-state index in [1.165, 1.54) is 17.4 Å². The van der Waals surface area contributed by atoms with E-state index in [-0.39, 0.29) is 6.04 Å². The predicted octanol–water partition coefficient (Wildman–Crippen LogP) is 3.90. The second kappa shape index (κ2) is 6.59. The van der Waals surface area contributed by atoms with Gasteiger partial charge in [0.1, 0.15) is 5.82 Å². The number of nitrogens with zero attached hydrogens (tertiary/aromatic N) is 1. The molecule has 0 aliphatic carbocycles. The lowest BCUT2D eigenvalue weighted by Gasteiger charge is -2.35. The van der Waals surface area contributed by atoms with Crippen molar-refractivity contribution in [2.75, 3.05) is 26.2 Å². The fourth-order valence-corrected chi connectivity index (χ4v) is 3.72. The molecule has 0 amide bonds. The van der Waals surface area contributed by atoms with Crippen LogP contribution in [0.2, 0.25) is 0 Å². The SMILES string of the molecule is Fc1cc(C(F)(F)F)ccc1[C@@H](c1cccs1)N1CCNCC1. The molecule has 1 aromatic carbocycles. The number of alkyl halides is 3. The van der Waals surface area contributed by atoms with E-state index in [1.54, 1.807) is 0 Å². The van der Waals surface area contributed by atoms with Gasteiger partial charge in [-0.05, 0) is 23.6 Å². The molecule has 1 saturated heterocycles. The Kier molecular flexibility index (Phi) is 4.70. The third-order valence-electron chi connectivity index (χ3n) is 3.95.